The summed E-state index contributed by atoms with van der Waals surface area (Å²) >= 11 is 0. The van der Waals surface area contributed by atoms with Crippen molar-refractivity contribution in [2.75, 3.05) is 6.54 Å². The van der Waals surface area contributed by atoms with E-state index in [1.54, 1.807) is 15.6 Å². The lowest BCUT2D eigenvalue weighted by Crippen LogP contribution is -2.48. The molecule has 2 rings (SSSR count). The number of sulfonamides is 1. The van der Waals surface area contributed by atoms with Crippen molar-refractivity contribution in [3.05, 3.63) is 29.8 Å². The highest BCUT2D eigenvalue weighted by atomic mass is 32.2. The Morgan fingerprint density at radius 2 is 1.63 bits per heavy atom. The largest absolute Gasteiger partial charge is 0.405 e. The predicted molar refractivity (Wildman–Crippen MR) is 84.5 cm³/mol. The van der Waals surface area contributed by atoms with Crippen molar-refractivity contribution in [1.29, 1.82) is 0 Å². The number of hydrogen-bond acceptors (Lipinski definition) is 5. The molecule has 9 nitrogen and oxygen atoms in total. The molecule has 0 aliphatic heterocycles. The van der Waals surface area contributed by atoms with Gasteiger partial charge in [-0.2, -0.15) is 13.2 Å². The lowest BCUT2D eigenvalue weighted by molar-refractivity contribution is -0.139. The number of carbonyl (C=O) groups excluding carboxylic acids is 3. The Labute approximate surface area is 151 Å². The third kappa shape index (κ3) is 6.53. The van der Waals surface area contributed by atoms with Crippen LogP contribution < -0.4 is 20.9 Å². The first-order valence-corrected chi connectivity index (χ1v) is 9.04. The molecule has 0 radical (unpaired) electrons. The van der Waals surface area contributed by atoms with E-state index >= 15 is 0 Å². The van der Waals surface area contributed by atoms with E-state index in [1.165, 1.54) is 0 Å². The van der Waals surface area contributed by atoms with Gasteiger partial charge < -0.3 is 10.6 Å². The van der Waals surface area contributed by atoms with Gasteiger partial charge in [0.1, 0.15) is 6.54 Å². The number of benzene rings is 1. The van der Waals surface area contributed by atoms with Gasteiger partial charge in [-0.3, -0.25) is 19.8 Å². The van der Waals surface area contributed by atoms with Crippen LogP contribution in [0.3, 0.4) is 0 Å². The lowest BCUT2D eigenvalue weighted by atomic mass is 10.2. The van der Waals surface area contributed by atoms with Gasteiger partial charge in [0.25, 0.3) is 15.9 Å². The van der Waals surface area contributed by atoms with Gasteiger partial charge in [0.2, 0.25) is 0 Å². The summed E-state index contributed by atoms with van der Waals surface area (Å²) in [5.41, 5.74) is 1.55. The molecule has 0 spiro atoms. The summed E-state index contributed by atoms with van der Waals surface area (Å²) in [7, 11) is -4.25. The van der Waals surface area contributed by atoms with E-state index in [0.717, 1.165) is 37.1 Å². The SMILES string of the molecule is O=C(NNS(=O)(=O)c1ccc(C(=O)NCC(F)(F)F)cc1)C(=O)NC1CC1. The molecule has 1 aromatic rings. The minimum atomic E-state index is -4.58. The first-order chi connectivity index (χ1) is 12.5. The highest BCUT2D eigenvalue weighted by Crippen LogP contribution is 2.18. The molecule has 27 heavy (non-hydrogen) atoms. The van der Waals surface area contributed by atoms with Crippen molar-refractivity contribution >= 4 is 27.7 Å². The first-order valence-electron chi connectivity index (χ1n) is 7.55. The number of hydrazine groups is 1. The maximum absolute atomic E-state index is 12.1. The van der Waals surface area contributed by atoms with Crippen LogP contribution in [0.5, 0.6) is 0 Å². The maximum Gasteiger partial charge on any atom is 0.405 e. The van der Waals surface area contributed by atoms with Crippen LogP contribution in [0.4, 0.5) is 13.2 Å². The standard InChI is InChI=1S/C14H15F3N4O5S/c15-14(16,17)7-18-11(22)8-1-5-10(6-2-8)27(25,26)21-20-13(24)12(23)19-9-3-4-9/h1-2,5-6,9,21H,3-4,7H2,(H,18,22)(H,19,23)(H,20,24). The molecule has 4 N–H and O–H groups in total. The zero-order valence-electron chi connectivity index (χ0n) is 13.6. The summed E-state index contributed by atoms with van der Waals surface area (Å²) in [6.45, 7) is -1.53. The van der Waals surface area contributed by atoms with Crippen LogP contribution in [-0.2, 0) is 19.6 Å². The Bertz CT molecular complexity index is 835. The van der Waals surface area contributed by atoms with Crippen LogP contribution in [-0.4, -0.2) is 44.9 Å². The summed E-state index contributed by atoms with van der Waals surface area (Å²) in [5.74, 6) is -3.22. The topological polar surface area (TPSA) is 133 Å². The normalized spacial score (nSPS) is 14.3. The first kappa shape index (κ1) is 20.6. The second kappa shape index (κ2) is 7.92. The van der Waals surface area contributed by atoms with E-state index in [-0.39, 0.29) is 16.5 Å². The fourth-order valence-electron chi connectivity index (χ4n) is 1.78. The lowest BCUT2D eigenvalue weighted by Gasteiger charge is -2.10. The van der Waals surface area contributed by atoms with Gasteiger partial charge in [-0.05, 0) is 37.1 Å². The molecule has 1 aliphatic rings. The van der Waals surface area contributed by atoms with E-state index in [1.807, 2.05) is 0 Å². The predicted octanol–water partition coefficient (Wildman–Crippen LogP) is -0.433. The highest BCUT2D eigenvalue weighted by molar-refractivity contribution is 7.89. The van der Waals surface area contributed by atoms with Crippen LogP contribution >= 0.6 is 0 Å². The molecular weight excluding hydrogens is 393 g/mol. The van der Waals surface area contributed by atoms with E-state index in [9.17, 15) is 36.0 Å². The Morgan fingerprint density at radius 1 is 1.04 bits per heavy atom. The fraction of sp³-hybridized carbons (Fsp3) is 0.357. The molecule has 0 heterocycles. The van der Waals surface area contributed by atoms with Crippen LogP contribution in [0.2, 0.25) is 0 Å². The van der Waals surface area contributed by atoms with Crippen molar-refractivity contribution in [1.82, 2.24) is 20.9 Å². The van der Waals surface area contributed by atoms with Gasteiger partial charge in [-0.15, -0.1) is 4.83 Å². The van der Waals surface area contributed by atoms with Crippen LogP contribution in [0.25, 0.3) is 0 Å². The minimum absolute atomic E-state index is 0.0871. The van der Waals surface area contributed by atoms with Crippen molar-refractivity contribution in [2.45, 2.75) is 30.0 Å². The number of halogens is 3. The van der Waals surface area contributed by atoms with Gasteiger partial charge in [0.05, 0.1) is 4.90 Å². The van der Waals surface area contributed by atoms with Crippen molar-refractivity contribution in [3.8, 4) is 0 Å². The van der Waals surface area contributed by atoms with Gasteiger partial charge >= 0.3 is 18.0 Å². The maximum atomic E-state index is 12.1. The minimum Gasteiger partial charge on any atom is -0.345 e. The second-order valence-electron chi connectivity index (χ2n) is 5.63. The average molecular weight is 408 g/mol. The molecule has 0 saturated heterocycles. The number of alkyl halides is 3. The van der Waals surface area contributed by atoms with E-state index in [4.69, 9.17) is 0 Å². The smallest absolute Gasteiger partial charge is 0.345 e. The van der Waals surface area contributed by atoms with Gasteiger partial charge in [0.15, 0.2) is 0 Å². The Kier molecular flexibility index (Phi) is 6.05. The van der Waals surface area contributed by atoms with E-state index in [2.05, 4.69) is 5.32 Å². The molecule has 0 unspecified atom stereocenters. The highest BCUT2D eigenvalue weighted by Gasteiger charge is 2.28. The van der Waals surface area contributed by atoms with Gasteiger partial charge in [-0.1, -0.05) is 0 Å². The molecule has 148 valence electrons. The van der Waals surface area contributed by atoms with Gasteiger partial charge in [0, 0.05) is 11.6 Å². The van der Waals surface area contributed by atoms with Gasteiger partial charge in [-0.25, -0.2) is 8.42 Å². The summed E-state index contributed by atoms with van der Waals surface area (Å²) in [6.07, 6.45) is -3.09. The van der Waals surface area contributed by atoms with E-state index in [0.29, 0.717) is 0 Å². The molecule has 1 aromatic carbocycles. The molecule has 1 fully saturated rings. The Morgan fingerprint density at radius 3 is 2.15 bits per heavy atom. The Hall–Kier alpha value is -2.67. The molecule has 0 atom stereocenters. The van der Waals surface area contributed by atoms with Crippen LogP contribution in [0, 0.1) is 0 Å². The van der Waals surface area contributed by atoms with E-state index < -0.39 is 40.5 Å². The summed E-state index contributed by atoms with van der Waals surface area (Å²) in [5, 5.41) is 4.00. The molecule has 0 bridgehead atoms. The third-order valence-corrected chi connectivity index (χ3v) is 4.56. The zero-order valence-corrected chi connectivity index (χ0v) is 14.4. The quantitative estimate of drug-likeness (QED) is 0.374. The monoisotopic (exact) mass is 408 g/mol. The molecule has 1 aliphatic carbocycles. The molecule has 0 aromatic heterocycles. The number of rotatable bonds is 6. The summed E-state index contributed by atoms with van der Waals surface area (Å²) < 4.78 is 60.3. The molecule has 1 saturated carbocycles. The number of carbonyl (C=O) groups is 3. The molecule has 3 amide bonds. The van der Waals surface area contributed by atoms with Crippen molar-refractivity contribution in [3.63, 3.8) is 0 Å². The molecule has 13 heteroatoms. The van der Waals surface area contributed by atoms with Crippen LogP contribution in [0.1, 0.15) is 23.2 Å². The van der Waals surface area contributed by atoms with Crippen molar-refractivity contribution in [2.24, 2.45) is 0 Å². The average Bonchev–Trinajstić information content (AvgIpc) is 3.41. The summed E-state index contributed by atoms with van der Waals surface area (Å²) in [4.78, 5) is 35.8. The van der Waals surface area contributed by atoms with Crippen molar-refractivity contribution < 1.29 is 36.0 Å². The number of amides is 3. The Balaban J connectivity index is 1.92. The third-order valence-electron chi connectivity index (χ3n) is 3.29. The number of nitrogens with one attached hydrogen (secondary N) is 4. The zero-order chi connectivity index (χ0) is 20.2. The summed E-state index contributed by atoms with van der Waals surface area (Å²) in [6, 6.07) is 3.84. The van der Waals surface area contributed by atoms with Crippen LogP contribution in [0.15, 0.2) is 29.2 Å². The number of hydrogen-bond donors (Lipinski definition) is 4. The fourth-order valence-corrected chi connectivity index (χ4v) is 2.62. The second-order valence-corrected chi connectivity index (χ2v) is 7.31. The molecular formula is C14H15F3N4O5S.